The van der Waals surface area contributed by atoms with Crippen molar-refractivity contribution in [1.29, 1.82) is 0 Å². The number of thiophene rings is 1. The molecule has 2 rings (SSSR count). The van der Waals surface area contributed by atoms with Gasteiger partial charge in [-0.2, -0.15) is 0 Å². The first-order valence-electron chi connectivity index (χ1n) is 5.86. The second kappa shape index (κ2) is 6.89. The first kappa shape index (κ1) is 15.8. The van der Waals surface area contributed by atoms with E-state index in [-0.39, 0.29) is 16.2 Å². The highest BCUT2D eigenvalue weighted by Gasteiger charge is 2.17. The number of carbonyl (C=O) groups is 1. The molecule has 2 aromatic rings. The summed E-state index contributed by atoms with van der Waals surface area (Å²) >= 11 is 16.7. The smallest absolute Gasteiger partial charge is 0.254 e. The normalized spacial score (nSPS) is 10.6. The third-order valence-electron chi connectivity index (χ3n) is 2.65. The van der Waals surface area contributed by atoms with Gasteiger partial charge in [0.05, 0.1) is 10.3 Å². The Kier molecular flexibility index (Phi) is 5.43. The fraction of sp³-hybridized carbons (Fsp3) is 0.231. The van der Waals surface area contributed by atoms with Crippen LogP contribution < -0.4 is 0 Å². The highest BCUT2D eigenvalue weighted by Crippen LogP contribution is 2.24. The van der Waals surface area contributed by atoms with Crippen molar-refractivity contribution in [2.75, 3.05) is 6.54 Å². The zero-order valence-corrected chi connectivity index (χ0v) is 14.5. The van der Waals surface area contributed by atoms with Gasteiger partial charge in [0.25, 0.3) is 5.91 Å². The number of hydrogen-bond acceptors (Lipinski definition) is 3. The Morgan fingerprint density at radius 2 is 2.00 bits per heavy atom. The maximum absolute atomic E-state index is 12.5. The molecular weight excluding hydrogens is 383 g/mol. The Balaban J connectivity index is 2.20. The van der Waals surface area contributed by atoms with Gasteiger partial charge in [0.1, 0.15) is 10.3 Å². The molecule has 3 nitrogen and oxygen atoms in total. The predicted octanol–water partition coefficient (Wildman–Crippen LogP) is 4.87. The lowest BCUT2D eigenvalue weighted by Gasteiger charge is -2.20. The standard InChI is InChI=1S/C13H11BrCl2N2OS/c1-2-18(7-9-3-4-10(14)20-9)13(19)8-5-11(15)17-12(16)6-8/h3-6H,2,7H2,1H3. The number of hydrogen-bond donors (Lipinski definition) is 0. The summed E-state index contributed by atoms with van der Waals surface area (Å²) in [6.45, 7) is 3.10. The van der Waals surface area contributed by atoms with Crippen LogP contribution in [0.4, 0.5) is 0 Å². The molecule has 20 heavy (non-hydrogen) atoms. The van der Waals surface area contributed by atoms with Crippen molar-refractivity contribution >= 4 is 56.4 Å². The molecule has 0 fully saturated rings. The van der Waals surface area contributed by atoms with Gasteiger partial charge in [-0.1, -0.05) is 23.2 Å². The molecule has 7 heteroatoms. The number of rotatable bonds is 4. The van der Waals surface area contributed by atoms with Gasteiger partial charge in [-0.3, -0.25) is 4.79 Å². The highest BCUT2D eigenvalue weighted by atomic mass is 79.9. The minimum atomic E-state index is -0.108. The molecule has 2 aromatic heterocycles. The van der Waals surface area contributed by atoms with Crippen LogP contribution in [0.3, 0.4) is 0 Å². The second-order valence-electron chi connectivity index (χ2n) is 4.03. The quantitative estimate of drug-likeness (QED) is 0.694. The van der Waals surface area contributed by atoms with Gasteiger partial charge in [-0.25, -0.2) is 4.98 Å². The summed E-state index contributed by atoms with van der Waals surface area (Å²) in [5.41, 5.74) is 0.451. The molecule has 2 heterocycles. The van der Waals surface area contributed by atoms with E-state index < -0.39 is 0 Å². The summed E-state index contributed by atoms with van der Waals surface area (Å²) in [5, 5.41) is 0.437. The maximum atomic E-state index is 12.5. The van der Waals surface area contributed by atoms with Gasteiger partial charge in [-0.15, -0.1) is 11.3 Å². The lowest BCUT2D eigenvalue weighted by molar-refractivity contribution is 0.0754. The van der Waals surface area contributed by atoms with Gasteiger partial charge in [0.15, 0.2) is 0 Å². The highest BCUT2D eigenvalue weighted by molar-refractivity contribution is 9.11. The zero-order chi connectivity index (χ0) is 14.7. The number of aromatic nitrogens is 1. The van der Waals surface area contributed by atoms with Crippen molar-refractivity contribution in [2.45, 2.75) is 13.5 Å². The molecule has 0 unspecified atom stereocenters. The molecular formula is C13H11BrCl2N2OS. The molecule has 0 N–H and O–H groups in total. The Labute approximate surface area is 139 Å². The fourth-order valence-corrected chi connectivity index (χ4v) is 3.68. The molecule has 0 saturated carbocycles. The van der Waals surface area contributed by atoms with E-state index in [1.165, 1.54) is 12.1 Å². The maximum Gasteiger partial charge on any atom is 0.254 e. The van der Waals surface area contributed by atoms with E-state index in [1.807, 2.05) is 19.1 Å². The minimum Gasteiger partial charge on any atom is -0.334 e. The van der Waals surface area contributed by atoms with Crippen LogP contribution in [-0.2, 0) is 6.54 Å². The predicted molar refractivity (Wildman–Crippen MR) is 86.7 cm³/mol. The molecule has 0 aliphatic rings. The lowest BCUT2D eigenvalue weighted by atomic mass is 10.2. The molecule has 0 aliphatic heterocycles. The van der Waals surface area contributed by atoms with Crippen molar-refractivity contribution in [3.05, 3.63) is 48.8 Å². The van der Waals surface area contributed by atoms with Crippen LogP contribution in [0.1, 0.15) is 22.2 Å². The molecule has 0 atom stereocenters. The van der Waals surface area contributed by atoms with Crippen molar-refractivity contribution in [3.8, 4) is 0 Å². The summed E-state index contributed by atoms with van der Waals surface area (Å²) in [6.07, 6.45) is 0. The Hall–Kier alpha value is -0.620. The summed E-state index contributed by atoms with van der Waals surface area (Å²) in [7, 11) is 0. The van der Waals surface area contributed by atoms with Crippen LogP contribution in [0.15, 0.2) is 28.1 Å². The van der Waals surface area contributed by atoms with Crippen molar-refractivity contribution in [3.63, 3.8) is 0 Å². The molecule has 0 aliphatic carbocycles. The second-order valence-corrected chi connectivity index (χ2v) is 7.35. The van der Waals surface area contributed by atoms with Gasteiger partial charge < -0.3 is 4.90 Å². The van der Waals surface area contributed by atoms with Crippen molar-refractivity contribution in [1.82, 2.24) is 9.88 Å². The van der Waals surface area contributed by atoms with Crippen LogP contribution in [0, 0.1) is 0 Å². The first-order valence-corrected chi connectivity index (χ1v) is 8.22. The lowest BCUT2D eigenvalue weighted by Crippen LogP contribution is -2.30. The summed E-state index contributed by atoms with van der Waals surface area (Å²) < 4.78 is 1.05. The van der Waals surface area contributed by atoms with Crippen LogP contribution in [0.25, 0.3) is 0 Å². The van der Waals surface area contributed by atoms with Gasteiger partial charge >= 0.3 is 0 Å². The minimum absolute atomic E-state index is 0.108. The van der Waals surface area contributed by atoms with Gasteiger partial charge in [0.2, 0.25) is 0 Å². The van der Waals surface area contributed by atoms with Crippen LogP contribution in [0.5, 0.6) is 0 Å². The van der Waals surface area contributed by atoms with Crippen LogP contribution >= 0.6 is 50.5 Å². The molecule has 1 amide bonds. The average molecular weight is 394 g/mol. The molecule has 0 radical (unpaired) electrons. The van der Waals surface area contributed by atoms with Crippen LogP contribution in [0.2, 0.25) is 10.3 Å². The number of carbonyl (C=O) groups excluding carboxylic acids is 1. The van der Waals surface area contributed by atoms with E-state index in [1.54, 1.807) is 16.2 Å². The molecule has 0 saturated heterocycles. The van der Waals surface area contributed by atoms with E-state index >= 15 is 0 Å². The zero-order valence-electron chi connectivity index (χ0n) is 10.6. The van der Waals surface area contributed by atoms with E-state index in [2.05, 4.69) is 20.9 Å². The molecule has 0 aromatic carbocycles. The third kappa shape index (κ3) is 3.95. The Morgan fingerprint density at radius 3 is 2.50 bits per heavy atom. The van der Waals surface area contributed by atoms with Crippen LogP contribution in [-0.4, -0.2) is 22.3 Å². The largest absolute Gasteiger partial charge is 0.334 e. The van der Waals surface area contributed by atoms with Gasteiger partial charge in [-0.05, 0) is 47.1 Å². The number of nitrogens with zero attached hydrogens (tertiary/aromatic N) is 2. The monoisotopic (exact) mass is 392 g/mol. The average Bonchev–Trinajstić information content (AvgIpc) is 2.79. The molecule has 0 spiro atoms. The third-order valence-corrected chi connectivity index (χ3v) is 4.65. The molecule has 0 bridgehead atoms. The summed E-state index contributed by atoms with van der Waals surface area (Å²) in [6, 6.07) is 7.03. The van der Waals surface area contributed by atoms with Crippen molar-refractivity contribution in [2.24, 2.45) is 0 Å². The Morgan fingerprint density at radius 1 is 1.35 bits per heavy atom. The summed E-state index contributed by atoms with van der Waals surface area (Å²) in [4.78, 5) is 19.2. The number of pyridine rings is 1. The van der Waals surface area contributed by atoms with Crippen molar-refractivity contribution < 1.29 is 4.79 Å². The van der Waals surface area contributed by atoms with Gasteiger partial charge in [0, 0.05) is 17.0 Å². The number of halogens is 3. The van der Waals surface area contributed by atoms with E-state index in [9.17, 15) is 4.79 Å². The topological polar surface area (TPSA) is 33.2 Å². The Bertz CT molecular complexity index is 612. The summed E-state index contributed by atoms with van der Waals surface area (Å²) in [5.74, 6) is -0.108. The van der Waals surface area contributed by atoms with E-state index in [4.69, 9.17) is 23.2 Å². The molecule has 106 valence electrons. The SMILES string of the molecule is CCN(Cc1ccc(Br)s1)C(=O)c1cc(Cl)nc(Cl)c1. The first-order chi connectivity index (χ1) is 9.49. The van der Waals surface area contributed by atoms with E-state index in [0.717, 1.165) is 8.66 Å². The number of amides is 1. The fourth-order valence-electron chi connectivity index (χ4n) is 1.72. The van der Waals surface area contributed by atoms with E-state index in [0.29, 0.717) is 18.7 Å².